The van der Waals surface area contributed by atoms with Crippen LogP contribution in [0.15, 0.2) is 0 Å². The van der Waals surface area contributed by atoms with Crippen molar-refractivity contribution >= 4 is 11.9 Å². The third-order valence-corrected chi connectivity index (χ3v) is 2.97. The van der Waals surface area contributed by atoms with Gasteiger partial charge < -0.3 is 20.1 Å². The van der Waals surface area contributed by atoms with E-state index >= 15 is 0 Å². The Labute approximate surface area is 115 Å². The van der Waals surface area contributed by atoms with Gasteiger partial charge >= 0.3 is 11.9 Å². The Balaban J connectivity index is 4.63. The van der Waals surface area contributed by atoms with Crippen LogP contribution in [0, 0.1) is 5.92 Å². The Bertz CT molecular complexity index is 312. The highest BCUT2D eigenvalue weighted by molar-refractivity contribution is 5.76. The third kappa shape index (κ3) is 7.79. The van der Waals surface area contributed by atoms with E-state index in [1.807, 2.05) is 35.0 Å². The molecule has 3 N–H and O–H groups in total. The summed E-state index contributed by atoms with van der Waals surface area (Å²) >= 11 is 0. The van der Waals surface area contributed by atoms with E-state index in [1.165, 1.54) is 0 Å². The van der Waals surface area contributed by atoms with Crippen LogP contribution in [0.5, 0.6) is 0 Å². The third-order valence-electron chi connectivity index (χ3n) is 2.97. The van der Waals surface area contributed by atoms with E-state index < -0.39 is 24.1 Å². The molecule has 0 aliphatic rings. The zero-order valence-corrected chi connectivity index (χ0v) is 12.5. The molecule has 0 amide bonds. The van der Waals surface area contributed by atoms with Crippen molar-refractivity contribution in [3.8, 4) is 0 Å². The predicted molar refractivity (Wildman–Crippen MR) is 72.5 cm³/mol. The number of hydrogen-bond donors (Lipinski definition) is 2. The lowest BCUT2D eigenvalue weighted by molar-refractivity contribution is -0.873. The first-order valence-corrected chi connectivity index (χ1v) is 6.55. The van der Waals surface area contributed by atoms with E-state index in [0.717, 1.165) is 6.42 Å². The van der Waals surface area contributed by atoms with Crippen molar-refractivity contribution < 1.29 is 23.9 Å². The van der Waals surface area contributed by atoms with Gasteiger partial charge in [0.1, 0.15) is 12.6 Å². The minimum absolute atomic E-state index is 0.0158. The molecule has 3 atom stereocenters. The molecule has 0 heterocycles. The van der Waals surface area contributed by atoms with E-state index in [1.54, 1.807) is 0 Å². The molecule has 0 aromatic rings. The Kier molecular flexibility index (Phi) is 7.00. The van der Waals surface area contributed by atoms with Crippen molar-refractivity contribution in [3.05, 3.63) is 0 Å². The zero-order valence-electron chi connectivity index (χ0n) is 12.5. The number of carbonyl (C=O) groups is 2. The van der Waals surface area contributed by atoms with Crippen LogP contribution < -0.4 is 5.73 Å². The van der Waals surface area contributed by atoms with E-state index in [0.29, 0.717) is 11.0 Å². The Morgan fingerprint density at radius 2 is 1.84 bits per heavy atom. The zero-order chi connectivity index (χ0) is 15.2. The van der Waals surface area contributed by atoms with Gasteiger partial charge in [-0.15, -0.1) is 0 Å². The van der Waals surface area contributed by atoms with Gasteiger partial charge in [-0.3, -0.25) is 9.59 Å². The molecule has 0 rings (SSSR count). The van der Waals surface area contributed by atoms with Crippen molar-refractivity contribution in [2.75, 3.05) is 27.7 Å². The van der Waals surface area contributed by atoms with Crippen molar-refractivity contribution in [1.29, 1.82) is 0 Å². The van der Waals surface area contributed by atoms with E-state index in [4.69, 9.17) is 15.6 Å². The summed E-state index contributed by atoms with van der Waals surface area (Å²) < 4.78 is 5.78. The molecule has 0 aromatic carbocycles. The summed E-state index contributed by atoms with van der Waals surface area (Å²) in [5.74, 6) is -1.49. The predicted octanol–water partition coefficient (Wildman–Crippen LogP) is 0.453. The maximum Gasteiger partial charge on any atom is 0.323 e. The number of carboxylic acid groups (broad SMARTS) is 1. The van der Waals surface area contributed by atoms with Gasteiger partial charge in [-0.05, 0) is 5.92 Å². The van der Waals surface area contributed by atoms with Crippen molar-refractivity contribution in [1.82, 2.24) is 0 Å². The number of ether oxygens (including phenoxy) is 1. The number of nitrogens with zero attached hydrogens (tertiary/aromatic N) is 1. The number of likely N-dealkylation sites (N-methyl/N-ethyl adjacent to an activating group) is 1. The smallest absolute Gasteiger partial charge is 0.323 e. The first-order chi connectivity index (χ1) is 8.56. The summed E-state index contributed by atoms with van der Waals surface area (Å²) in [6.45, 7) is 4.25. The molecule has 0 unspecified atom stereocenters. The van der Waals surface area contributed by atoms with Gasteiger partial charge in [0.05, 0.1) is 27.6 Å². The number of aliphatic carboxylic acids is 1. The maximum atomic E-state index is 11.9. The largest absolute Gasteiger partial charge is 0.481 e. The fourth-order valence-electron chi connectivity index (χ4n) is 1.68. The minimum Gasteiger partial charge on any atom is -0.481 e. The number of esters is 1. The first-order valence-electron chi connectivity index (χ1n) is 6.55. The van der Waals surface area contributed by atoms with Crippen molar-refractivity contribution in [3.63, 3.8) is 0 Å². The Hall–Kier alpha value is -1.14. The van der Waals surface area contributed by atoms with Crippen LogP contribution in [0.25, 0.3) is 0 Å². The molecule has 6 heteroatoms. The number of nitrogens with two attached hydrogens (primary N) is 1. The second kappa shape index (κ2) is 7.45. The van der Waals surface area contributed by atoms with Gasteiger partial charge in [0.15, 0.2) is 6.10 Å². The number of carbonyl (C=O) groups excluding carboxylic acids is 1. The minimum atomic E-state index is -0.983. The molecule has 0 saturated heterocycles. The summed E-state index contributed by atoms with van der Waals surface area (Å²) in [6.07, 6.45) is -0.0796. The molecule has 0 fully saturated rings. The SMILES string of the molecule is CC[C@H](C)[C@H](N)C(=O)O[C@@H](CC(=O)O)C[N+](C)(C)C. The van der Waals surface area contributed by atoms with Gasteiger partial charge in [-0.1, -0.05) is 20.3 Å². The summed E-state index contributed by atoms with van der Waals surface area (Å²) in [5, 5.41) is 8.86. The summed E-state index contributed by atoms with van der Waals surface area (Å²) in [4.78, 5) is 22.7. The normalized spacial score (nSPS) is 16.5. The number of hydrogen-bond acceptors (Lipinski definition) is 4. The van der Waals surface area contributed by atoms with Gasteiger partial charge in [-0.2, -0.15) is 0 Å². The highest BCUT2D eigenvalue weighted by Crippen LogP contribution is 2.11. The number of quaternary nitrogens is 1. The van der Waals surface area contributed by atoms with E-state index in [9.17, 15) is 9.59 Å². The summed E-state index contributed by atoms with van der Waals surface area (Å²) in [6, 6.07) is -0.700. The molecule has 0 saturated carbocycles. The van der Waals surface area contributed by atoms with Gasteiger partial charge in [0, 0.05) is 0 Å². The summed E-state index contributed by atoms with van der Waals surface area (Å²) in [7, 11) is 5.74. The molecule has 0 spiro atoms. The van der Waals surface area contributed by atoms with Gasteiger partial charge in [0.2, 0.25) is 0 Å². The van der Waals surface area contributed by atoms with Gasteiger partial charge in [0.25, 0.3) is 0 Å². The topological polar surface area (TPSA) is 89.6 Å². The van der Waals surface area contributed by atoms with E-state index in [2.05, 4.69) is 0 Å². The Morgan fingerprint density at radius 1 is 1.32 bits per heavy atom. The molecule has 0 aliphatic carbocycles. The fourth-order valence-corrected chi connectivity index (χ4v) is 1.68. The first kappa shape index (κ1) is 17.9. The monoisotopic (exact) mass is 275 g/mol. The lowest BCUT2D eigenvalue weighted by Gasteiger charge is -2.29. The molecular formula is C13H27N2O4+. The lowest BCUT2D eigenvalue weighted by Crippen LogP contribution is -2.46. The van der Waals surface area contributed by atoms with Crippen LogP contribution >= 0.6 is 0 Å². The second-order valence-corrected chi connectivity index (χ2v) is 6.04. The quantitative estimate of drug-likeness (QED) is 0.496. The lowest BCUT2D eigenvalue weighted by atomic mass is 10.0. The fraction of sp³-hybridized carbons (Fsp3) is 0.846. The second-order valence-electron chi connectivity index (χ2n) is 6.04. The molecular weight excluding hydrogens is 248 g/mol. The molecule has 0 aromatic heterocycles. The molecule has 6 nitrogen and oxygen atoms in total. The molecule has 0 bridgehead atoms. The highest BCUT2D eigenvalue weighted by Gasteiger charge is 2.28. The Morgan fingerprint density at radius 3 is 2.21 bits per heavy atom. The molecule has 112 valence electrons. The van der Waals surface area contributed by atoms with Crippen LogP contribution in [-0.2, 0) is 14.3 Å². The van der Waals surface area contributed by atoms with Crippen LogP contribution in [0.3, 0.4) is 0 Å². The van der Waals surface area contributed by atoms with Gasteiger partial charge in [-0.25, -0.2) is 0 Å². The summed E-state index contributed by atoms with van der Waals surface area (Å²) in [5.41, 5.74) is 5.79. The number of rotatable bonds is 8. The van der Waals surface area contributed by atoms with Crippen molar-refractivity contribution in [2.24, 2.45) is 11.7 Å². The van der Waals surface area contributed by atoms with E-state index in [-0.39, 0.29) is 12.3 Å². The molecule has 0 aliphatic heterocycles. The van der Waals surface area contributed by atoms with Crippen LogP contribution in [-0.4, -0.2) is 61.4 Å². The van der Waals surface area contributed by atoms with Crippen LogP contribution in [0.2, 0.25) is 0 Å². The molecule has 19 heavy (non-hydrogen) atoms. The molecule has 0 radical (unpaired) electrons. The number of carboxylic acids is 1. The van der Waals surface area contributed by atoms with Crippen molar-refractivity contribution in [2.45, 2.75) is 38.8 Å². The average Bonchev–Trinajstić information content (AvgIpc) is 2.23. The van der Waals surface area contributed by atoms with Crippen LogP contribution in [0.1, 0.15) is 26.7 Å². The van der Waals surface area contributed by atoms with Crippen LogP contribution in [0.4, 0.5) is 0 Å². The average molecular weight is 275 g/mol. The standard InChI is InChI=1S/C13H26N2O4/c1-6-9(2)12(14)13(18)19-10(7-11(16)17)8-15(3,4)5/h9-10,12H,6-8,14H2,1-5H3/p+1/t9-,10-,12-/m0/s1. The maximum absolute atomic E-state index is 11.9. The highest BCUT2D eigenvalue weighted by atomic mass is 16.5.